The Morgan fingerprint density at radius 1 is 1.35 bits per heavy atom. The molecule has 1 unspecified atom stereocenters. The Morgan fingerprint density at radius 2 is 1.95 bits per heavy atom. The number of methoxy groups -OCH3 is 1. The average Bonchev–Trinajstić information content (AvgIpc) is 3.23. The molecular formula is C14H20FNO3S. The minimum Gasteiger partial charge on any atom is -0.383 e. The third-order valence-electron chi connectivity index (χ3n) is 3.69. The zero-order valence-corrected chi connectivity index (χ0v) is 12.6. The van der Waals surface area contributed by atoms with E-state index < -0.39 is 15.8 Å². The maximum Gasteiger partial charge on any atom is 0.243 e. The molecule has 20 heavy (non-hydrogen) atoms. The van der Waals surface area contributed by atoms with Crippen LogP contribution in [0.5, 0.6) is 0 Å². The lowest BCUT2D eigenvalue weighted by atomic mass is 10.2. The Labute approximate surface area is 119 Å². The molecule has 0 aromatic heterocycles. The predicted octanol–water partition coefficient (Wildman–Crippen LogP) is 2.26. The van der Waals surface area contributed by atoms with E-state index in [9.17, 15) is 12.8 Å². The van der Waals surface area contributed by atoms with Gasteiger partial charge in [0, 0.05) is 19.7 Å². The minimum absolute atomic E-state index is 0.0554. The molecule has 1 atom stereocenters. The molecule has 0 saturated heterocycles. The molecule has 1 fully saturated rings. The summed E-state index contributed by atoms with van der Waals surface area (Å²) in [5.74, 6) is -0.0234. The van der Waals surface area contributed by atoms with Gasteiger partial charge in [0.1, 0.15) is 5.82 Å². The van der Waals surface area contributed by atoms with Crippen LogP contribution in [0.2, 0.25) is 0 Å². The molecule has 0 heterocycles. The van der Waals surface area contributed by atoms with Crippen molar-refractivity contribution in [2.45, 2.75) is 30.7 Å². The molecule has 1 aliphatic carbocycles. The van der Waals surface area contributed by atoms with Gasteiger partial charge >= 0.3 is 0 Å². The molecule has 6 heteroatoms. The zero-order valence-electron chi connectivity index (χ0n) is 11.8. The summed E-state index contributed by atoms with van der Waals surface area (Å²) >= 11 is 0. The van der Waals surface area contributed by atoms with Gasteiger partial charge in [-0.05, 0) is 49.9 Å². The molecule has 112 valence electrons. The maximum absolute atomic E-state index is 12.9. The number of halogens is 1. The van der Waals surface area contributed by atoms with Crippen LogP contribution in [0.4, 0.5) is 4.39 Å². The van der Waals surface area contributed by atoms with E-state index in [0.717, 1.165) is 12.8 Å². The monoisotopic (exact) mass is 301 g/mol. The Balaban J connectivity index is 2.27. The van der Waals surface area contributed by atoms with Crippen LogP contribution in [0.3, 0.4) is 0 Å². The van der Waals surface area contributed by atoms with E-state index in [-0.39, 0.29) is 10.9 Å². The van der Waals surface area contributed by atoms with Crippen molar-refractivity contribution in [3.63, 3.8) is 0 Å². The number of rotatable bonds is 7. The molecule has 0 N–H and O–H groups in total. The molecule has 0 amide bonds. The largest absolute Gasteiger partial charge is 0.383 e. The summed E-state index contributed by atoms with van der Waals surface area (Å²) in [5.41, 5.74) is 0. The smallest absolute Gasteiger partial charge is 0.243 e. The van der Waals surface area contributed by atoms with Crippen molar-refractivity contribution in [2.24, 2.45) is 5.92 Å². The molecular weight excluding hydrogens is 281 g/mol. The minimum atomic E-state index is -3.61. The highest BCUT2D eigenvalue weighted by molar-refractivity contribution is 7.89. The SMILES string of the molecule is COCCN(C(C)C1CC1)S(=O)(=O)c1ccc(F)cc1. The summed E-state index contributed by atoms with van der Waals surface area (Å²) in [6.45, 7) is 2.58. The maximum atomic E-state index is 12.9. The highest BCUT2D eigenvalue weighted by Gasteiger charge is 2.38. The summed E-state index contributed by atoms with van der Waals surface area (Å²) in [6.07, 6.45) is 2.12. The lowest BCUT2D eigenvalue weighted by Crippen LogP contribution is -2.41. The fourth-order valence-electron chi connectivity index (χ4n) is 2.28. The number of hydrogen-bond acceptors (Lipinski definition) is 3. The van der Waals surface area contributed by atoms with Gasteiger partial charge in [-0.2, -0.15) is 4.31 Å². The van der Waals surface area contributed by atoms with Crippen LogP contribution in [-0.2, 0) is 14.8 Å². The first-order valence-corrected chi connectivity index (χ1v) is 8.17. The number of benzene rings is 1. The van der Waals surface area contributed by atoms with E-state index in [2.05, 4.69) is 0 Å². The molecule has 0 spiro atoms. The molecule has 1 aromatic rings. The summed E-state index contributed by atoms with van der Waals surface area (Å²) < 4.78 is 44.8. The van der Waals surface area contributed by atoms with Gasteiger partial charge in [0.25, 0.3) is 0 Å². The fourth-order valence-corrected chi connectivity index (χ4v) is 3.96. The Hall–Kier alpha value is -0.980. The van der Waals surface area contributed by atoms with Gasteiger partial charge in [-0.25, -0.2) is 12.8 Å². The summed E-state index contributed by atoms with van der Waals surface area (Å²) in [6, 6.07) is 4.90. The molecule has 1 aliphatic rings. The van der Waals surface area contributed by atoms with Crippen LogP contribution in [0.15, 0.2) is 29.2 Å². The van der Waals surface area contributed by atoms with E-state index in [1.54, 1.807) is 7.11 Å². The number of sulfonamides is 1. The topological polar surface area (TPSA) is 46.6 Å². The van der Waals surface area contributed by atoms with Crippen LogP contribution in [0.1, 0.15) is 19.8 Å². The van der Waals surface area contributed by atoms with Crippen molar-refractivity contribution in [1.29, 1.82) is 0 Å². The van der Waals surface area contributed by atoms with E-state index >= 15 is 0 Å². The number of nitrogens with zero attached hydrogens (tertiary/aromatic N) is 1. The fraction of sp³-hybridized carbons (Fsp3) is 0.571. The Kier molecular flexibility index (Phi) is 4.78. The first-order valence-electron chi connectivity index (χ1n) is 6.73. The number of ether oxygens (including phenoxy) is 1. The van der Waals surface area contributed by atoms with Gasteiger partial charge in [0.05, 0.1) is 11.5 Å². The van der Waals surface area contributed by atoms with Gasteiger partial charge in [-0.3, -0.25) is 0 Å². The van der Waals surface area contributed by atoms with Gasteiger partial charge in [0.2, 0.25) is 10.0 Å². The molecule has 0 radical (unpaired) electrons. The van der Waals surface area contributed by atoms with Crippen LogP contribution in [-0.4, -0.2) is 39.0 Å². The molecule has 4 nitrogen and oxygen atoms in total. The lowest BCUT2D eigenvalue weighted by molar-refractivity contribution is 0.164. The molecule has 0 bridgehead atoms. The van der Waals surface area contributed by atoms with E-state index in [1.807, 2.05) is 6.92 Å². The van der Waals surface area contributed by atoms with Crippen molar-refractivity contribution in [3.8, 4) is 0 Å². The van der Waals surface area contributed by atoms with Crippen molar-refractivity contribution in [3.05, 3.63) is 30.1 Å². The summed E-state index contributed by atoms with van der Waals surface area (Å²) in [7, 11) is -2.06. The highest BCUT2D eigenvalue weighted by Crippen LogP contribution is 2.37. The summed E-state index contributed by atoms with van der Waals surface area (Å²) in [4.78, 5) is 0.127. The second-order valence-electron chi connectivity index (χ2n) is 5.14. The molecule has 2 rings (SSSR count). The first kappa shape index (κ1) is 15.4. The standard InChI is InChI=1S/C14H20FNO3S/c1-11(12-3-4-12)16(9-10-19-2)20(17,18)14-7-5-13(15)6-8-14/h5-8,11-12H,3-4,9-10H2,1-2H3. The van der Waals surface area contributed by atoms with Crippen LogP contribution >= 0.6 is 0 Å². The van der Waals surface area contributed by atoms with Gasteiger partial charge in [0.15, 0.2) is 0 Å². The third-order valence-corrected chi connectivity index (χ3v) is 5.69. The lowest BCUT2D eigenvalue weighted by Gasteiger charge is -2.28. The van der Waals surface area contributed by atoms with Crippen LogP contribution in [0, 0.1) is 11.7 Å². The predicted molar refractivity (Wildman–Crippen MR) is 74.4 cm³/mol. The highest BCUT2D eigenvalue weighted by atomic mass is 32.2. The second kappa shape index (κ2) is 6.20. The van der Waals surface area contributed by atoms with Gasteiger partial charge in [-0.15, -0.1) is 0 Å². The van der Waals surface area contributed by atoms with Crippen LogP contribution < -0.4 is 0 Å². The van der Waals surface area contributed by atoms with Crippen LogP contribution in [0.25, 0.3) is 0 Å². The molecule has 1 saturated carbocycles. The van der Waals surface area contributed by atoms with Gasteiger partial charge < -0.3 is 4.74 Å². The quantitative estimate of drug-likeness (QED) is 0.776. The van der Waals surface area contributed by atoms with Crippen molar-refractivity contribution >= 4 is 10.0 Å². The number of hydrogen-bond donors (Lipinski definition) is 0. The molecule has 0 aliphatic heterocycles. The molecule has 1 aromatic carbocycles. The third kappa shape index (κ3) is 3.37. The zero-order chi connectivity index (χ0) is 14.8. The Morgan fingerprint density at radius 3 is 2.45 bits per heavy atom. The average molecular weight is 301 g/mol. The van der Waals surface area contributed by atoms with E-state index in [0.29, 0.717) is 19.1 Å². The normalized spacial score (nSPS) is 17.4. The van der Waals surface area contributed by atoms with Crippen molar-refractivity contribution < 1.29 is 17.5 Å². The van der Waals surface area contributed by atoms with E-state index in [4.69, 9.17) is 4.74 Å². The summed E-state index contributed by atoms with van der Waals surface area (Å²) in [5, 5.41) is 0. The van der Waals surface area contributed by atoms with Crippen molar-refractivity contribution in [1.82, 2.24) is 4.31 Å². The second-order valence-corrected chi connectivity index (χ2v) is 7.03. The Bertz CT molecular complexity index is 540. The van der Waals surface area contributed by atoms with E-state index in [1.165, 1.54) is 28.6 Å². The van der Waals surface area contributed by atoms with Gasteiger partial charge in [-0.1, -0.05) is 0 Å². The first-order chi connectivity index (χ1) is 9.46. The van der Waals surface area contributed by atoms with Crippen molar-refractivity contribution in [2.75, 3.05) is 20.3 Å².